The van der Waals surface area contributed by atoms with Gasteiger partial charge in [0.2, 0.25) is 0 Å². The topological polar surface area (TPSA) is 64.6 Å². The van der Waals surface area contributed by atoms with E-state index in [0.717, 1.165) is 18.4 Å². The summed E-state index contributed by atoms with van der Waals surface area (Å²) < 4.78 is 23.4. The van der Waals surface area contributed by atoms with Crippen LogP contribution in [0.3, 0.4) is 0 Å². The zero-order chi connectivity index (χ0) is 17.1. The van der Waals surface area contributed by atoms with Gasteiger partial charge in [0.15, 0.2) is 0 Å². The monoisotopic (exact) mass is 323 g/mol. The van der Waals surface area contributed by atoms with E-state index in [1.54, 1.807) is 32.9 Å². The summed E-state index contributed by atoms with van der Waals surface area (Å²) >= 11 is 0. The van der Waals surface area contributed by atoms with Crippen molar-refractivity contribution in [2.45, 2.75) is 51.2 Å². The number of ether oxygens (including phenoxy) is 2. The first-order valence-corrected chi connectivity index (χ1v) is 7.61. The number of carbonyl (C=O) groups excluding carboxylic acids is 2. The van der Waals surface area contributed by atoms with Gasteiger partial charge < -0.3 is 14.8 Å². The molecule has 2 rings (SSSR count). The zero-order valence-electron chi connectivity index (χ0n) is 13.6. The molecule has 126 valence electrons. The van der Waals surface area contributed by atoms with Crippen molar-refractivity contribution in [1.29, 1.82) is 0 Å². The van der Waals surface area contributed by atoms with Crippen LogP contribution in [0.15, 0.2) is 24.3 Å². The van der Waals surface area contributed by atoms with E-state index >= 15 is 0 Å². The lowest BCUT2D eigenvalue weighted by Gasteiger charge is -2.20. The van der Waals surface area contributed by atoms with Crippen molar-refractivity contribution in [3.8, 4) is 0 Å². The predicted octanol–water partition coefficient (Wildman–Crippen LogP) is 2.97. The van der Waals surface area contributed by atoms with Crippen LogP contribution in [0.4, 0.5) is 9.18 Å². The van der Waals surface area contributed by atoms with Gasteiger partial charge in [-0.15, -0.1) is 0 Å². The quantitative estimate of drug-likeness (QED) is 0.846. The molecule has 0 radical (unpaired) electrons. The lowest BCUT2D eigenvalue weighted by molar-refractivity contribution is -0.150. The molecule has 1 fully saturated rings. The van der Waals surface area contributed by atoms with E-state index < -0.39 is 23.3 Å². The number of nitrogens with one attached hydrogen (secondary N) is 1. The van der Waals surface area contributed by atoms with Crippen LogP contribution in [-0.4, -0.2) is 29.8 Å². The van der Waals surface area contributed by atoms with Crippen LogP contribution in [0.25, 0.3) is 0 Å². The van der Waals surface area contributed by atoms with Crippen LogP contribution in [0.1, 0.15) is 39.2 Å². The van der Waals surface area contributed by atoms with Crippen molar-refractivity contribution >= 4 is 12.1 Å². The third-order valence-corrected chi connectivity index (χ3v) is 3.35. The smallest absolute Gasteiger partial charge is 0.408 e. The Balaban J connectivity index is 1.78. The highest BCUT2D eigenvalue weighted by molar-refractivity contribution is 5.78. The fourth-order valence-corrected chi connectivity index (χ4v) is 2.16. The summed E-state index contributed by atoms with van der Waals surface area (Å²) in [5, 5.41) is 2.38. The highest BCUT2D eigenvalue weighted by Crippen LogP contribution is 2.42. The molecule has 1 N–H and O–H groups in total. The number of alkyl carbamates (subject to hydrolysis) is 1. The molecule has 23 heavy (non-hydrogen) atoms. The minimum Gasteiger partial charge on any atom is -0.457 e. The van der Waals surface area contributed by atoms with E-state index in [0.29, 0.717) is 6.42 Å². The maximum atomic E-state index is 12.9. The van der Waals surface area contributed by atoms with Crippen molar-refractivity contribution in [2.75, 3.05) is 6.54 Å². The fraction of sp³-hybridized carbons (Fsp3) is 0.529. The minimum absolute atomic E-state index is 0.236. The van der Waals surface area contributed by atoms with Gasteiger partial charge in [0.1, 0.15) is 23.6 Å². The molecule has 0 bridgehead atoms. The Morgan fingerprint density at radius 1 is 1.22 bits per heavy atom. The number of rotatable bonds is 5. The van der Waals surface area contributed by atoms with Crippen molar-refractivity contribution in [3.63, 3.8) is 0 Å². The van der Waals surface area contributed by atoms with E-state index in [1.807, 2.05) is 0 Å². The second kappa shape index (κ2) is 6.56. The van der Waals surface area contributed by atoms with E-state index in [-0.39, 0.29) is 12.4 Å². The summed E-state index contributed by atoms with van der Waals surface area (Å²) in [5.41, 5.74) is -0.226. The summed E-state index contributed by atoms with van der Waals surface area (Å²) in [5.74, 6) is -0.798. The van der Waals surface area contributed by atoms with Crippen LogP contribution in [0.2, 0.25) is 0 Å². The summed E-state index contributed by atoms with van der Waals surface area (Å²) in [6.45, 7) is 4.99. The molecule has 6 heteroatoms. The van der Waals surface area contributed by atoms with Crippen molar-refractivity contribution in [3.05, 3.63) is 35.6 Å². The van der Waals surface area contributed by atoms with Crippen molar-refractivity contribution < 1.29 is 23.5 Å². The highest BCUT2D eigenvalue weighted by Gasteiger charge is 2.46. The van der Waals surface area contributed by atoms with E-state index in [9.17, 15) is 14.0 Å². The van der Waals surface area contributed by atoms with Crippen LogP contribution in [0.5, 0.6) is 0 Å². The molecular formula is C17H22FNO4. The number of esters is 1. The molecule has 1 aliphatic rings. The Kier molecular flexibility index (Phi) is 4.92. The molecule has 0 aliphatic heterocycles. The molecule has 1 aromatic carbocycles. The van der Waals surface area contributed by atoms with E-state index in [1.165, 1.54) is 12.1 Å². The Labute approximate surface area is 135 Å². The Morgan fingerprint density at radius 3 is 2.35 bits per heavy atom. The third-order valence-electron chi connectivity index (χ3n) is 3.35. The first kappa shape index (κ1) is 17.2. The number of amides is 1. The highest BCUT2D eigenvalue weighted by atomic mass is 19.1. The molecule has 1 aliphatic carbocycles. The first-order chi connectivity index (χ1) is 10.7. The van der Waals surface area contributed by atoms with Gasteiger partial charge in [0.05, 0.1) is 0 Å². The lowest BCUT2D eigenvalue weighted by Crippen LogP contribution is -2.37. The van der Waals surface area contributed by atoms with Gasteiger partial charge in [-0.3, -0.25) is 4.79 Å². The molecule has 0 spiro atoms. The van der Waals surface area contributed by atoms with Gasteiger partial charge in [-0.1, -0.05) is 12.1 Å². The fourth-order valence-electron chi connectivity index (χ4n) is 2.16. The summed E-state index contributed by atoms with van der Waals surface area (Å²) in [6.07, 6.45) is 1.43. The number of carbonyl (C=O) groups is 2. The van der Waals surface area contributed by atoms with E-state index in [2.05, 4.69) is 5.32 Å². The zero-order valence-corrected chi connectivity index (χ0v) is 13.6. The van der Waals surface area contributed by atoms with E-state index in [4.69, 9.17) is 9.47 Å². The second-order valence-corrected chi connectivity index (χ2v) is 6.82. The summed E-state index contributed by atoms with van der Waals surface area (Å²) in [6, 6.07) is 6.14. The third kappa shape index (κ3) is 5.88. The average Bonchev–Trinajstić information content (AvgIpc) is 3.17. The van der Waals surface area contributed by atoms with Crippen LogP contribution in [0, 0.1) is 5.82 Å². The SMILES string of the molecule is CC(C)(C)OC(=O)NCC(=O)OC1(Cc2ccc(F)cc2)CC1. The molecule has 5 nitrogen and oxygen atoms in total. The maximum Gasteiger partial charge on any atom is 0.408 e. The van der Waals surface area contributed by atoms with Gasteiger partial charge >= 0.3 is 12.1 Å². The molecule has 0 saturated heterocycles. The molecule has 1 saturated carbocycles. The van der Waals surface area contributed by atoms with Crippen LogP contribution < -0.4 is 5.32 Å². The Bertz CT molecular complexity index is 573. The molecule has 1 aromatic rings. The summed E-state index contributed by atoms with van der Waals surface area (Å²) in [4.78, 5) is 23.4. The number of hydrogen-bond donors (Lipinski definition) is 1. The minimum atomic E-state index is -0.655. The van der Waals surface area contributed by atoms with Gasteiger partial charge in [0.25, 0.3) is 0 Å². The number of hydrogen-bond acceptors (Lipinski definition) is 4. The van der Waals surface area contributed by atoms with Gasteiger partial charge in [-0.05, 0) is 51.3 Å². The lowest BCUT2D eigenvalue weighted by atomic mass is 10.1. The predicted molar refractivity (Wildman–Crippen MR) is 82.4 cm³/mol. The van der Waals surface area contributed by atoms with Crippen LogP contribution in [-0.2, 0) is 20.7 Å². The largest absolute Gasteiger partial charge is 0.457 e. The average molecular weight is 323 g/mol. The molecule has 0 heterocycles. The molecule has 1 amide bonds. The molecular weight excluding hydrogens is 301 g/mol. The summed E-state index contributed by atoms with van der Waals surface area (Å²) in [7, 11) is 0. The molecule has 0 aromatic heterocycles. The van der Waals surface area contributed by atoms with Crippen molar-refractivity contribution in [1.82, 2.24) is 5.32 Å². The normalized spacial score (nSPS) is 15.7. The number of halogens is 1. The van der Waals surface area contributed by atoms with Gasteiger partial charge in [-0.25, -0.2) is 9.18 Å². The molecule has 0 atom stereocenters. The van der Waals surface area contributed by atoms with Gasteiger partial charge in [0, 0.05) is 6.42 Å². The van der Waals surface area contributed by atoms with Gasteiger partial charge in [-0.2, -0.15) is 0 Å². The Morgan fingerprint density at radius 2 is 1.83 bits per heavy atom. The molecule has 0 unspecified atom stereocenters. The Hall–Kier alpha value is -2.11. The standard InChI is InChI=1S/C17H22FNO4/c1-16(2,3)23-15(21)19-11-14(20)22-17(8-9-17)10-12-4-6-13(18)7-5-12/h4-7H,8-11H2,1-3H3,(H,19,21). The first-order valence-electron chi connectivity index (χ1n) is 7.61. The van der Waals surface area contributed by atoms with Crippen molar-refractivity contribution in [2.24, 2.45) is 0 Å². The second-order valence-electron chi connectivity index (χ2n) is 6.82. The maximum absolute atomic E-state index is 12.9. The van der Waals surface area contributed by atoms with Crippen LogP contribution >= 0.6 is 0 Å². The number of benzene rings is 1.